The molecule has 112 valence electrons. The van der Waals surface area contributed by atoms with Crippen LogP contribution in [0.5, 0.6) is 0 Å². The number of nitrogens with one attached hydrogen (secondary N) is 1. The van der Waals surface area contributed by atoms with Gasteiger partial charge in [-0.2, -0.15) is 8.78 Å². The third kappa shape index (κ3) is 4.07. The van der Waals surface area contributed by atoms with Gasteiger partial charge in [0.05, 0.1) is 5.69 Å². The minimum atomic E-state index is -2.53. The number of hydrogen-bond donors (Lipinski definition) is 1. The molecule has 0 fully saturated rings. The number of carbonyl (C=O) groups excluding carboxylic acids is 1. The zero-order chi connectivity index (χ0) is 15.4. The number of amides is 1. The largest absolute Gasteiger partial charge is 0.343 e. The molecular formula is C14H13BrF2N2OS. The van der Waals surface area contributed by atoms with E-state index in [4.69, 9.17) is 0 Å². The fraction of sp³-hybridized carbons (Fsp3) is 0.214. The molecule has 1 amide bonds. The summed E-state index contributed by atoms with van der Waals surface area (Å²) in [5, 5.41) is 2.69. The van der Waals surface area contributed by atoms with E-state index < -0.39 is 5.76 Å². The number of anilines is 1. The Morgan fingerprint density at radius 3 is 2.81 bits per heavy atom. The summed E-state index contributed by atoms with van der Waals surface area (Å²) in [6.07, 6.45) is 1.80. The van der Waals surface area contributed by atoms with Crippen LogP contribution in [0.25, 0.3) is 0 Å². The van der Waals surface area contributed by atoms with Crippen molar-refractivity contribution in [2.45, 2.75) is 24.1 Å². The smallest absolute Gasteiger partial charge is 0.288 e. The first-order valence-electron chi connectivity index (χ1n) is 6.22. The first-order valence-corrected chi connectivity index (χ1v) is 7.89. The summed E-state index contributed by atoms with van der Waals surface area (Å²) >= 11 is 3.73. The van der Waals surface area contributed by atoms with E-state index in [2.05, 4.69) is 21.2 Å². The Morgan fingerprint density at radius 2 is 2.14 bits per heavy atom. The molecule has 0 unspecified atom stereocenters. The molecule has 0 aliphatic heterocycles. The number of hydrogen-bond acceptors (Lipinski definition) is 2. The van der Waals surface area contributed by atoms with Gasteiger partial charge in [0, 0.05) is 22.1 Å². The Balaban J connectivity index is 2.23. The van der Waals surface area contributed by atoms with E-state index in [1.54, 1.807) is 41.1 Å². The molecule has 7 heteroatoms. The van der Waals surface area contributed by atoms with Crippen molar-refractivity contribution in [3.05, 3.63) is 46.7 Å². The topological polar surface area (TPSA) is 34.0 Å². The molecule has 1 aromatic carbocycles. The Kier molecular flexibility index (Phi) is 5.41. The van der Waals surface area contributed by atoms with Gasteiger partial charge in [0.2, 0.25) is 0 Å². The van der Waals surface area contributed by atoms with E-state index in [0.29, 0.717) is 34.6 Å². The van der Waals surface area contributed by atoms with Crippen LogP contribution >= 0.6 is 27.7 Å². The summed E-state index contributed by atoms with van der Waals surface area (Å²) < 4.78 is 27.6. The van der Waals surface area contributed by atoms with Gasteiger partial charge in [0.15, 0.2) is 0 Å². The van der Waals surface area contributed by atoms with E-state index in [0.717, 1.165) is 4.47 Å². The fourth-order valence-electron chi connectivity index (χ4n) is 1.88. The van der Waals surface area contributed by atoms with Crippen LogP contribution in [0.15, 0.2) is 45.9 Å². The van der Waals surface area contributed by atoms with Gasteiger partial charge in [-0.05, 0) is 41.1 Å². The third-order valence-electron chi connectivity index (χ3n) is 2.79. The number of halogens is 3. The Bertz CT molecular complexity index is 646. The molecule has 1 N–H and O–H groups in total. The van der Waals surface area contributed by atoms with Crippen molar-refractivity contribution in [1.82, 2.24) is 4.57 Å². The minimum absolute atomic E-state index is 0.329. The summed E-state index contributed by atoms with van der Waals surface area (Å²) in [6.45, 7) is 2.56. The maximum atomic E-state index is 12.5. The predicted octanol–water partition coefficient (Wildman–Crippen LogP) is 4.84. The molecule has 0 radical (unpaired) electrons. The second-order valence-corrected chi connectivity index (χ2v) is 6.11. The number of aromatic nitrogens is 1. The van der Waals surface area contributed by atoms with Crippen molar-refractivity contribution < 1.29 is 13.6 Å². The van der Waals surface area contributed by atoms with Gasteiger partial charge in [0.25, 0.3) is 11.7 Å². The zero-order valence-electron chi connectivity index (χ0n) is 11.1. The number of rotatable bonds is 5. The van der Waals surface area contributed by atoms with Crippen LogP contribution in [0, 0.1) is 0 Å². The molecule has 0 aliphatic carbocycles. The first-order chi connectivity index (χ1) is 10.0. The lowest BCUT2D eigenvalue weighted by molar-refractivity contribution is 0.101. The summed E-state index contributed by atoms with van der Waals surface area (Å²) in [5.74, 6) is -2.86. The first kappa shape index (κ1) is 16.0. The van der Waals surface area contributed by atoms with Crippen LogP contribution < -0.4 is 5.32 Å². The highest BCUT2D eigenvalue weighted by Gasteiger charge is 2.15. The van der Waals surface area contributed by atoms with Gasteiger partial charge < -0.3 is 9.88 Å². The number of benzene rings is 1. The molecule has 0 bridgehead atoms. The second-order valence-electron chi connectivity index (χ2n) is 4.16. The monoisotopic (exact) mass is 374 g/mol. The van der Waals surface area contributed by atoms with Crippen LogP contribution in [-0.2, 0) is 6.54 Å². The predicted molar refractivity (Wildman–Crippen MR) is 84.1 cm³/mol. The maximum Gasteiger partial charge on any atom is 0.288 e. The number of alkyl halides is 2. The van der Waals surface area contributed by atoms with Crippen molar-refractivity contribution >= 4 is 39.3 Å². The number of aryl methyl sites for hydroxylation is 1. The quantitative estimate of drug-likeness (QED) is 0.759. The van der Waals surface area contributed by atoms with Gasteiger partial charge in [-0.15, -0.1) is 0 Å². The number of nitrogens with zero attached hydrogens (tertiary/aromatic N) is 1. The van der Waals surface area contributed by atoms with Gasteiger partial charge in [0.1, 0.15) is 5.69 Å². The van der Waals surface area contributed by atoms with Crippen LogP contribution in [0.4, 0.5) is 14.5 Å². The molecule has 3 nitrogen and oxygen atoms in total. The average Bonchev–Trinajstić information content (AvgIpc) is 2.81. The Morgan fingerprint density at radius 1 is 1.43 bits per heavy atom. The molecule has 0 saturated heterocycles. The van der Waals surface area contributed by atoms with Crippen molar-refractivity contribution in [2.75, 3.05) is 5.32 Å². The molecule has 0 spiro atoms. The Hall–Kier alpha value is -1.34. The van der Waals surface area contributed by atoms with Crippen molar-refractivity contribution in [3.63, 3.8) is 0 Å². The van der Waals surface area contributed by atoms with Crippen LogP contribution in [0.1, 0.15) is 17.4 Å². The van der Waals surface area contributed by atoms with Gasteiger partial charge >= 0.3 is 0 Å². The van der Waals surface area contributed by atoms with Crippen LogP contribution in [0.2, 0.25) is 0 Å². The number of carbonyl (C=O) groups is 1. The van der Waals surface area contributed by atoms with Gasteiger partial charge in [-0.1, -0.05) is 23.9 Å². The molecular weight excluding hydrogens is 362 g/mol. The lowest BCUT2D eigenvalue weighted by atomic mass is 10.3. The standard InChI is InChI=1S/C14H13BrF2N2OS/c1-2-19-8-9(15)7-11(19)13(20)18-10-5-3-4-6-12(10)21-14(16)17/h3-8,14H,2H2,1H3,(H,18,20). The SMILES string of the molecule is CCn1cc(Br)cc1C(=O)Nc1ccccc1SC(F)F. The zero-order valence-corrected chi connectivity index (χ0v) is 13.5. The minimum Gasteiger partial charge on any atom is -0.343 e. The maximum absolute atomic E-state index is 12.5. The van der Waals surface area contributed by atoms with Crippen molar-refractivity contribution in [3.8, 4) is 0 Å². The second kappa shape index (κ2) is 7.09. The average molecular weight is 375 g/mol. The lowest BCUT2D eigenvalue weighted by Gasteiger charge is -2.11. The molecule has 1 aromatic heterocycles. The molecule has 1 heterocycles. The summed E-state index contributed by atoms with van der Waals surface area (Å²) in [7, 11) is 0. The summed E-state index contributed by atoms with van der Waals surface area (Å²) in [6, 6.07) is 8.21. The molecule has 21 heavy (non-hydrogen) atoms. The van der Waals surface area contributed by atoms with Crippen LogP contribution in [0.3, 0.4) is 0 Å². The highest BCUT2D eigenvalue weighted by molar-refractivity contribution is 9.10. The van der Waals surface area contributed by atoms with Gasteiger partial charge in [-0.25, -0.2) is 0 Å². The molecule has 0 aliphatic rings. The van der Waals surface area contributed by atoms with E-state index in [1.807, 2.05) is 6.92 Å². The van der Waals surface area contributed by atoms with Gasteiger partial charge in [-0.3, -0.25) is 4.79 Å². The third-order valence-corrected chi connectivity index (χ3v) is 4.01. The fourth-order valence-corrected chi connectivity index (χ4v) is 2.94. The molecule has 2 rings (SSSR count). The molecule has 0 saturated carbocycles. The highest BCUT2D eigenvalue weighted by Crippen LogP contribution is 2.32. The molecule has 0 atom stereocenters. The van der Waals surface area contributed by atoms with E-state index in [1.165, 1.54) is 0 Å². The van der Waals surface area contributed by atoms with E-state index in [-0.39, 0.29) is 5.91 Å². The number of thioether (sulfide) groups is 1. The summed E-state index contributed by atoms with van der Waals surface area (Å²) in [5.41, 5.74) is 0.856. The normalized spacial score (nSPS) is 10.9. The van der Waals surface area contributed by atoms with E-state index in [9.17, 15) is 13.6 Å². The lowest BCUT2D eigenvalue weighted by Crippen LogP contribution is -2.16. The highest BCUT2D eigenvalue weighted by atomic mass is 79.9. The van der Waals surface area contributed by atoms with Crippen LogP contribution in [-0.4, -0.2) is 16.2 Å². The summed E-state index contributed by atoms with van der Waals surface area (Å²) in [4.78, 5) is 12.6. The van der Waals surface area contributed by atoms with Crippen molar-refractivity contribution in [2.24, 2.45) is 0 Å². The van der Waals surface area contributed by atoms with E-state index >= 15 is 0 Å². The molecule has 2 aromatic rings. The number of para-hydroxylation sites is 1. The van der Waals surface area contributed by atoms with Crippen molar-refractivity contribution in [1.29, 1.82) is 0 Å². The Labute approximate surface area is 133 Å².